The molecule has 0 aromatic heterocycles. The van der Waals surface area contributed by atoms with E-state index in [2.05, 4.69) is 0 Å². The van der Waals surface area contributed by atoms with E-state index in [0.29, 0.717) is 0 Å². The van der Waals surface area contributed by atoms with Crippen molar-refractivity contribution in [3.05, 3.63) is 27.3 Å². The van der Waals surface area contributed by atoms with Crippen LogP contribution in [0.2, 0.25) is 0 Å². The summed E-state index contributed by atoms with van der Waals surface area (Å²) in [5.41, 5.74) is -0.655. The van der Waals surface area contributed by atoms with Crippen molar-refractivity contribution in [2.45, 2.75) is 6.92 Å². The topological polar surface area (TPSA) is 98.9 Å². The molecule has 7 heteroatoms. The van der Waals surface area contributed by atoms with Gasteiger partial charge in [-0.25, -0.2) is 4.79 Å². The summed E-state index contributed by atoms with van der Waals surface area (Å²) < 4.78 is 10.0. The summed E-state index contributed by atoms with van der Waals surface area (Å²) in [7, 11) is 0. The van der Waals surface area contributed by atoms with E-state index in [-0.39, 0.29) is 29.4 Å². The van der Waals surface area contributed by atoms with Crippen LogP contribution in [0.5, 0.6) is 11.5 Å². The van der Waals surface area contributed by atoms with E-state index < -0.39 is 16.6 Å². The average molecular weight is 225 g/mol. The lowest BCUT2D eigenvalue weighted by molar-refractivity contribution is -0.385. The Morgan fingerprint density at radius 1 is 1.56 bits per heavy atom. The van der Waals surface area contributed by atoms with Crippen LogP contribution in [0.25, 0.3) is 0 Å². The van der Waals surface area contributed by atoms with Crippen LogP contribution in [0.4, 0.5) is 5.69 Å². The summed E-state index contributed by atoms with van der Waals surface area (Å²) in [4.78, 5) is 20.9. The van der Waals surface area contributed by atoms with Crippen LogP contribution >= 0.6 is 0 Å². The van der Waals surface area contributed by atoms with E-state index in [1.165, 1.54) is 6.92 Å². The fraction of sp³-hybridized carbons (Fsp3) is 0.222. The Labute approximate surface area is 89.4 Å². The van der Waals surface area contributed by atoms with E-state index in [9.17, 15) is 14.9 Å². The Bertz CT molecular complexity index is 495. The maximum Gasteiger partial charge on any atom is 0.343 e. The number of carboxylic acid groups (broad SMARTS) is 1. The molecule has 1 aliphatic rings. The highest BCUT2D eigenvalue weighted by Gasteiger charge is 2.30. The number of benzene rings is 1. The van der Waals surface area contributed by atoms with E-state index >= 15 is 0 Å². The van der Waals surface area contributed by atoms with Crippen molar-refractivity contribution >= 4 is 11.7 Å². The van der Waals surface area contributed by atoms with Crippen molar-refractivity contribution in [1.82, 2.24) is 0 Å². The van der Waals surface area contributed by atoms with Gasteiger partial charge in [0, 0.05) is 5.56 Å². The lowest BCUT2D eigenvalue weighted by atomic mass is 10.0. The molecule has 2 rings (SSSR count). The molecule has 0 aliphatic carbocycles. The predicted molar refractivity (Wildman–Crippen MR) is 50.9 cm³/mol. The molecule has 0 atom stereocenters. The quantitative estimate of drug-likeness (QED) is 0.602. The first-order valence-corrected chi connectivity index (χ1v) is 4.33. The number of fused-ring (bicyclic) bond motifs is 1. The minimum Gasteiger partial charge on any atom is -0.477 e. The molecule has 84 valence electrons. The number of nitrogens with zero attached hydrogens (tertiary/aromatic N) is 1. The zero-order valence-electron chi connectivity index (χ0n) is 8.22. The van der Waals surface area contributed by atoms with Crippen LogP contribution < -0.4 is 9.47 Å². The maximum absolute atomic E-state index is 10.9. The SMILES string of the molecule is Cc1c2c(cc([N+](=O)[O-])c1C(=O)O)OCO2. The van der Waals surface area contributed by atoms with Gasteiger partial charge in [0.15, 0.2) is 11.5 Å². The normalized spacial score (nSPS) is 12.6. The molecule has 0 saturated carbocycles. The highest BCUT2D eigenvalue weighted by Crippen LogP contribution is 2.41. The molecule has 7 nitrogen and oxygen atoms in total. The van der Waals surface area contributed by atoms with Crippen molar-refractivity contribution < 1.29 is 24.3 Å². The molecule has 0 bridgehead atoms. The number of nitro benzene ring substituents is 1. The number of hydrogen-bond donors (Lipinski definition) is 1. The summed E-state index contributed by atoms with van der Waals surface area (Å²) in [5.74, 6) is -0.903. The molecule has 0 fully saturated rings. The molecule has 0 radical (unpaired) electrons. The Balaban J connectivity index is 2.75. The average Bonchev–Trinajstić information content (AvgIpc) is 2.64. The predicted octanol–water partition coefficient (Wildman–Crippen LogP) is 1.33. The van der Waals surface area contributed by atoms with Crippen LogP contribution in [-0.2, 0) is 0 Å². The lowest BCUT2D eigenvalue weighted by Gasteiger charge is -2.05. The van der Waals surface area contributed by atoms with Gasteiger partial charge in [0.25, 0.3) is 5.69 Å². The van der Waals surface area contributed by atoms with Crippen molar-refractivity contribution in [3.8, 4) is 11.5 Å². The number of carbonyl (C=O) groups is 1. The van der Waals surface area contributed by atoms with E-state index in [1.807, 2.05) is 0 Å². The molecular weight excluding hydrogens is 218 g/mol. The van der Waals surface area contributed by atoms with Gasteiger partial charge < -0.3 is 14.6 Å². The third-order valence-electron chi connectivity index (χ3n) is 2.29. The smallest absolute Gasteiger partial charge is 0.343 e. The molecule has 0 amide bonds. The monoisotopic (exact) mass is 225 g/mol. The van der Waals surface area contributed by atoms with Gasteiger partial charge in [-0.2, -0.15) is 0 Å². The molecule has 0 unspecified atom stereocenters. The van der Waals surface area contributed by atoms with Crippen molar-refractivity contribution in [2.24, 2.45) is 0 Å². The van der Waals surface area contributed by atoms with Crippen molar-refractivity contribution in [2.75, 3.05) is 6.79 Å². The highest BCUT2D eigenvalue weighted by molar-refractivity contribution is 5.95. The van der Waals surface area contributed by atoms with E-state index in [4.69, 9.17) is 14.6 Å². The number of hydrogen-bond acceptors (Lipinski definition) is 5. The maximum atomic E-state index is 10.9. The molecule has 0 spiro atoms. The molecule has 1 aliphatic heterocycles. The molecular formula is C9H7NO6. The third kappa shape index (κ3) is 1.33. The van der Waals surface area contributed by atoms with Crippen LogP contribution in [0.15, 0.2) is 6.07 Å². The minimum absolute atomic E-state index is 0.0591. The number of rotatable bonds is 2. The first kappa shape index (κ1) is 10.2. The Morgan fingerprint density at radius 2 is 2.25 bits per heavy atom. The summed E-state index contributed by atoms with van der Waals surface area (Å²) in [6.45, 7) is 1.39. The van der Waals surface area contributed by atoms with Gasteiger partial charge in [0.2, 0.25) is 6.79 Å². The van der Waals surface area contributed by atoms with E-state index in [1.54, 1.807) is 0 Å². The molecule has 16 heavy (non-hydrogen) atoms. The highest BCUT2D eigenvalue weighted by atomic mass is 16.7. The molecule has 1 aromatic carbocycles. The Hall–Kier alpha value is -2.31. The first-order chi connectivity index (χ1) is 7.52. The lowest BCUT2D eigenvalue weighted by Crippen LogP contribution is -2.05. The standard InChI is InChI=1S/C9H7NO6/c1-4-7(9(11)12)5(10(13)14)2-6-8(4)16-3-15-6/h2H,3H2,1H3,(H,11,12). The number of aromatic carboxylic acids is 1. The van der Waals surface area contributed by atoms with Crippen molar-refractivity contribution in [3.63, 3.8) is 0 Å². The molecule has 1 aromatic rings. The second-order valence-electron chi connectivity index (χ2n) is 3.19. The van der Waals surface area contributed by atoms with Gasteiger partial charge in [0.05, 0.1) is 11.0 Å². The van der Waals surface area contributed by atoms with E-state index in [0.717, 1.165) is 6.07 Å². The number of carboxylic acids is 1. The van der Waals surface area contributed by atoms with Crippen LogP contribution in [0.3, 0.4) is 0 Å². The molecule has 1 heterocycles. The molecule has 0 saturated heterocycles. The van der Waals surface area contributed by atoms with Crippen LogP contribution in [0, 0.1) is 17.0 Å². The van der Waals surface area contributed by atoms with Gasteiger partial charge in [-0.1, -0.05) is 0 Å². The Kier molecular flexibility index (Phi) is 2.15. The van der Waals surface area contributed by atoms with Gasteiger partial charge in [-0.3, -0.25) is 10.1 Å². The van der Waals surface area contributed by atoms with Crippen LogP contribution in [-0.4, -0.2) is 22.8 Å². The first-order valence-electron chi connectivity index (χ1n) is 4.33. The second kappa shape index (κ2) is 3.37. The third-order valence-corrected chi connectivity index (χ3v) is 2.29. The summed E-state index contributed by atoms with van der Waals surface area (Å²) in [5, 5.41) is 19.6. The number of nitro groups is 1. The second-order valence-corrected chi connectivity index (χ2v) is 3.19. The van der Waals surface area contributed by atoms with Crippen molar-refractivity contribution in [1.29, 1.82) is 0 Å². The van der Waals surface area contributed by atoms with Gasteiger partial charge in [-0.15, -0.1) is 0 Å². The van der Waals surface area contributed by atoms with Crippen LogP contribution in [0.1, 0.15) is 15.9 Å². The fourth-order valence-corrected chi connectivity index (χ4v) is 1.60. The number of ether oxygens (including phenoxy) is 2. The van der Waals surface area contributed by atoms with Gasteiger partial charge in [0.1, 0.15) is 5.56 Å². The fourth-order valence-electron chi connectivity index (χ4n) is 1.60. The zero-order chi connectivity index (χ0) is 11.9. The summed E-state index contributed by atoms with van der Waals surface area (Å²) in [6, 6.07) is 1.07. The summed E-state index contributed by atoms with van der Waals surface area (Å²) in [6.07, 6.45) is 0. The molecule has 1 N–H and O–H groups in total. The Morgan fingerprint density at radius 3 is 2.81 bits per heavy atom. The minimum atomic E-state index is -1.36. The van der Waals surface area contributed by atoms with Gasteiger partial charge in [-0.05, 0) is 6.92 Å². The zero-order valence-corrected chi connectivity index (χ0v) is 8.22. The van der Waals surface area contributed by atoms with Gasteiger partial charge >= 0.3 is 5.97 Å². The largest absolute Gasteiger partial charge is 0.477 e. The summed E-state index contributed by atoms with van der Waals surface area (Å²) >= 11 is 0.